The van der Waals surface area contributed by atoms with E-state index in [9.17, 15) is 4.79 Å². The largest absolute Gasteiger partial charge is 0.485 e. The maximum Gasteiger partial charge on any atom is 0.334 e. The van der Waals surface area contributed by atoms with Crippen LogP contribution in [-0.2, 0) is 11.2 Å². The van der Waals surface area contributed by atoms with Crippen molar-refractivity contribution in [1.29, 1.82) is 0 Å². The summed E-state index contributed by atoms with van der Waals surface area (Å²) in [6, 6.07) is 7.55. The van der Waals surface area contributed by atoms with Crippen LogP contribution in [0.4, 0.5) is 0 Å². The van der Waals surface area contributed by atoms with E-state index in [4.69, 9.17) is 9.84 Å². The molecule has 3 nitrogen and oxygen atoms in total. The van der Waals surface area contributed by atoms with Crippen molar-refractivity contribution in [3.8, 4) is 5.75 Å². The van der Waals surface area contributed by atoms with Crippen LogP contribution in [-0.4, -0.2) is 17.2 Å². The van der Waals surface area contributed by atoms with E-state index in [0.29, 0.717) is 6.42 Å². The van der Waals surface area contributed by atoms with Crippen molar-refractivity contribution in [2.45, 2.75) is 12.5 Å². The normalized spacial score (nSPS) is 18.4. The minimum atomic E-state index is -0.997. The molecule has 1 N–H and O–H groups in total. The molecule has 0 saturated carbocycles. The first-order chi connectivity index (χ1) is 6.68. The number of rotatable bonds is 2. The molecule has 3 heteroatoms. The smallest absolute Gasteiger partial charge is 0.334 e. The average Bonchev–Trinajstić information content (AvgIpc) is 2.59. The van der Waals surface area contributed by atoms with E-state index in [2.05, 4.69) is 6.58 Å². The highest BCUT2D eigenvalue weighted by Gasteiger charge is 2.27. The molecule has 1 unspecified atom stereocenters. The van der Waals surface area contributed by atoms with E-state index in [1.54, 1.807) is 0 Å². The van der Waals surface area contributed by atoms with Crippen LogP contribution in [0.5, 0.6) is 5.75 Å². The van der Waals surface area contributed by atoms with Crippen molar-refractivity contribution in [2.24, 2.45) is 0 Å². The average molecular weight is 190 g/mol. The zero-order chi connectivity index (χ0) is 10.1. The van der Waals surface area contributed by atoms with Gasteiger partial charge in [-0.1, -0.05) is 24.8 Å². The fraction of sp³-hybridized carbons (Fsp3) is 0.182. The third-order valence-electron chi connectivity index (χ3n) is 2.31. The Bertz CT molecular complexity index is 370. The summed E-state index contributed by atoms with van der Waals surface area (Å²) >= 11 is 0. The fourth-order valence-corrected chi connectivity index (χ4v) is 1.51. The van der Waals surface area contributed by atoms with Gasteiger partial charge >= 0.3 is 5.97 Å². The third kappa shape index (κ3) is 1.37. The molecule has 72 valence electrons. The summed E-state index contributed by atoms with van der Waals surface area (Å²) in [7, 11) is 0. The van der Waals surface area contributed by atoms with Gasteiger partial charge in [-0.15, -0.1) is 0 Å². The topological polar surface area (TPSA) is 46.5 Å². The van der Waals surface area contributed by atoms with Gasteiger partial charge in [-0.05, 0) is 11.6 Å². The van der Waals surface area contributed by atoms with Gasteiger partial charge < -0.3 is 9.84 Å². The predicted octanol–water partition coefficient (Wildman–Crippen LogP) is 1.63. The number of para-hydroxylation sites is 1. The summed E-state index contributed by atoms with van der Waals surface area (Å²) in [6.45, 7) is 3.49. The summed E-state index contributed by atoms with van der Waals surface area (Å²) < 4.78 is 5.45. The van der Waals surface area contributed by atoms with E-state index in [1.165, 1.54) is 0 Å². The summed E-state index contributed by atoms with van der Waals surface area (Å²) in [4.78, 5) is 10.7. The maximum atomic E-state index is 10.7. The number of carboxylic acids is 1. The Balaban J connectivity index is 2.20. The number of ether oxygens (including phenoxy) is 1. The summed E-state index contributed by atoms with van der Waals surface area (Å²) in [5, 5.41) is 8.74. The second-order valence-electron chi connectivity index (χ2n) is 3.25. The molecule has 0 aliphatic carbocycles. The number of carboxylic acid groups (broad SMARTS) is 1. The Morgan fingerprint density at radius 2 is 2.21 bits per heavy atom. The van der Waals surface area contributed by atoms with Gasteiger partial charge in [0.2, 0.25) is 0 Å². The molecule has 1 heterocycles. The Kier molecular flexibility index (Phi) is 2.00. The lowest BCUT2D eigenvalue weighted by Crippen LogP contribution is -2.21. The van der Waals surface area contributed by atoms with Crippen molar-refractivity contribution in [3.05, 3.63) is 42.0 Å². The monoisotopic (exact) mass is 190 g/mol. The molecular formula is C11H10O3. The Morgan fingerprint density at radius 3 is 2.86 bits per heavy atom. The highest BCUT2D eigenvalue weighted by Crippen LogP contribution is 2.30. The second-order valence-corrected chi connectivity index (χ2v) is 3.25. The van der Waals surface area contributed by atoms with E-state index in [-0.39, 0.29) is 5.57 Å². The lowest BCUT2D eigenvalue weighted by molar-refractivity contribution is -0.133. The molecule has 1 aliphatic heterocycles. The molecule has 0 radical (unpaired) electrons. The molecule has 0 aromatic heterocycles. The van der Waals surface area contributed by atoms with Gasteiger partial charge in [0.25, 0.3) is 0 Å². The van der Waals surface area contributed by atoms with Crippen LogP contribution >= 0.6 is 0 Å². The van der Waals surface area contributed by atoms with E-state index < -0.39 is 12.1 Å². The van der Waals surface area contributed by atoms with E-state index in [1.807, 2.05) is 24.3 Å². The van der Waals surface area contributed by atoms with Crippen molar-refractivity contribution in [1.82, 2.24) is 0 Å². The fourth-order valence-electron chi connectivity index (χ4n) is 1.51. The molecule has 1 atom stereocenters. The van der Waals surface area contributed by atoms with Crippen molar-refractivity contribution in [3.63, 3.8) is 0 Å². The van der Waals surface area contributed by atoms with Crippen LogP contribution in [0.2, 0.25) is 0 Å². The van der Waals surface area contributed by atoms with Crippen molar-refractivity contribution >= 4 is 5.97 Å². The van der Waals surface area contributed by atoms with Gasteiger partial charge in [-0.3, -0.25) is 0 Å². The van der Waals surface area contributed by atoms with Gasteiger partial charge in [0.1, 0.15) is 11.9 Å². The van der Waals surface area contributed by atoms with Crippen LogP contribution < -0.4 is 4.74 Å². The zero-order valence-electron chi connectivity index (χ0n) is 7.56. The molecule has 14 heavy (non-hydrogen) atoms. The van der Waals surface area contributed by atoms with Gasteiger partial charge in [-0.25, -0.2) is 4.79 Å². The first kappa shape index (κ1) is 8.81. The first-order valence-electron chi connectivity index (χ1n) is 4.35. The van der Waals surface area contributed by atoms with Crippen LogP contribution in [0.1, 0.15) is 5.56 Å². The van der Waals surface area contributed by atoms with Gasteiger partial charge in [0.15, 0.2) is 0 Å². The quantitative estimate of drug-likeness (QED) is 0.721. The molecule has 0 spiro atoms. The minimum absolute atomic E-state index is 0.112. The number of aliphatic carboxylic acids is 1. The minimum Gasteiger partial charge on any atom is -0.485 e. The third-order valence-corrected chi connectivity index (χ3v) is 2.31. The molecule has 1 aromatic carbocycles. The molecule has 0 fully saturated rings. The molecular weight excluding hydrogens is 180 g/mol. The lowest BCUT2D eigenvalue weighted by atomic mass is 10.1. The van der Waals surface area contributed by atoms with Gasteiger partial charge in [0.05, 0.1) is 5.57 Å². The first-order valence-corrected chi connectivity index (χ1v) is 4.35. The van der Waals surface area contributed by atoms with Gasteiger partial charge in [0, 0.05) is 6.42 Å². The van der Waals surface area contributed by atoms with Crippen molar-refractivity contribution < 1.29 is 14.6 Å². The summed E-state index contributed by atoms with van der Waals surface area (Å²) in [6.07, 6.45) is 0.186. The van der Waals surface area contributed by atoms with E-state index in [0.717, 1.165) is 11.3 Å². The van der Waals surface area contributed by atoms with Crippen LogP contribution in [0.25, 0.3) is 0 Å². The highest BCUT2D eigenvalue weighted by atomic mass is 16.5. The summed E-state index contributed by atoms with van der Waals surface area (Å²) in [5.41, 5.74) is 1.15. The summed E-state index contributed by atoms with van der Waals surface area (Å²) in [5.74, 6) is -0.234. The molecule has 0 saturated heterocycles. The molecule has 0 amide bonds. The number of hydrogen-bond acceptors (Lipinski definition) is 2. The Hall–Kier alpha value is -1.77. The number of fused-ring (bicyclic) bond motifs is 1. The predicted molar refractivity (Wildman–Crippen MR) is 51.3 cm³/mol. The number of carbonyl (C=O) groups is 1. The molecule has 1 aromatic rings. The van der Waals surface area contributed by atoms with Crippen LogP contribution in [0, 0.1) is 0 Å². The maximum absolute atomic E-state index is 10.7. The SMILES string of the molecule is C=C(C(=O)O)C1Cc2ccccc2O1. The Labute approximate surface area is 81.6 Å². The van der Waals surface area contributed by atoms with E-state index >= 15 is 0 Å². The standard InChI is InChI=1S/C11H10O3/c1-7(11(12)13)10-6-8-4-2-3-5-9(8)14-10/h2-5,10H,1,6H2,(H,12,13). The van der Waals surface area contributed by atoms with Crippen LogP contribution in [0.15, 0.2) is 36.4 Å². The van der Waals surface area contributed by atoms with Crippen molar-refractivity contribution in [2.75, 3.05) is 0 Å². The second kappa shape index (κ2) is 3.18. The molecule has 1 aliphatic rings. The van der Waals surface area contributed by atoms with Gasteiger partial charge in [-0.2, -0.15) is 0 Å². The lowest BCUT2D eigenvalue weighted by Gasteiger charge is -2.09. The highest BCUT2D eigenvalue weighted by molar-refractivity contribution is 5.87. The molecule has 2 rings (SSSR count). The number of hydrogen-bond donors (Lipinski definition) is 1. The molecule has 0 bridgehead atoms. The van der Waals surface area contributed by atoms with Crippen LogP contribution in [0.3, 0.4) is 0 Å². The zero-order valence-corrected chi connectivity index (χ0v) is 7.56. The Morgan fingerprint density at radius 1 is 1.50 bits per heavy atom. The number of benzene rings is 1.